The number of nitrogens with zero attached hydrogens (tertiary/aromatic N) is 6. The molecule has 36 heavy (non-hydrogen) atoms. The number of imidazole rings is 2. The van der Waals surface area contributed by atoms with E-state index in [4.69, 9.17) is 4.98 Å². The van der Waals surface area contributed by atoms with E-state index < -0.39 is 18.2 Å². The molecule has 0 bridgehead atoms. The van der Waals surface area contributed by atoms with Crippen LogP contribution in [0.1, 0.15) is 24.5 Å². The molecule has 0 fully saturated rings. The Labute approximate surface area is 200 Å². The highest BCUT2D eigenvalue weighted by atomic mass is 19.3. The number of hydrogen-bond donors (Lipinski definition) is 3. The number of aromatic amines is 1. The predicted octanol–water partition coefficient (Wildman–Crippen LogP) is 4.13. The van der Waals surface area contributed by atoms with Gasteiger partial charge in [-0.05, 0) is 30.7 Å². The normalized spacial score (nSPS) is 14.2. The Bertz CT molecular complexity index is 1610. The number of rotatable bonds is 6. The van der Waals surface area contributed by atoms with Crippen molar-refractivity contribution in [2.45, 2.75) is 19.5 Å². The van der Waals surface area contributed by atoms with Gasteiger partial charge in [0.2, 0.25) is 0 Å². The van der Waals surface area contributed by atoms with E-state index in [9.17, 15) is 17.6 Å². The van der Waals surface area contributed by atoms with Crippen molar-refractivity contribution in [1.82, 2.24) is 39.4 Å². The second-order valence-electron chi connectivity index (χ2n) is 8.28. The van der Waals surface area contributed by atoms with Crippen LogP contribution in [-0.4, -0.2) is 47.2 Å². The van der Waals surface area contributed by atoms with Gasteiger partial charge in [0.1, 0.15) is 11.3 Å². The highest BCUT2D eigenvalue weighted by Gasteiger charge is 2.18. The van der Waals surface area contributed by atoms with Crippen molar-refractivity contribution in [2.24, 2.45) is 0 Å². The van der Waals surface area contributed by atoms with Gasteiger partial charge < -0.3 is 15.6 Å². The largest absolute Gasteiger partial charge is 0.360 e. The molecular weight excluding hydrogens is 478 g/mol. The molecule has 0 radical (unpaired) electrons. The zero-order valence-corrected chi connectivity index (χ0v) is 18.6. The fourth-order valence-corrected chi connectivity index (χ4v) is 4.23. The van der Waals surface area contributed by atoms with E-state index in [0.717, 1.165) is 24.6 Å². The molecule has 13 heteroatoms. The zero-order chi connectivity index (χ0) is 24.8. The van der Waals surface area contributed by atoms with Crippen molar-refractivity contribution in [1.29, 1.82) is 0 Å². The Morgan fingerprint density at radius 2 is 2.00 bits per heavy atom. The smallest absolute Gasteiger partial charge is 0.333 e. The molecule has 5 aromatic rings. The lowest BCUT2D eigenvalue weighted by molar-refractivity contribution is 0.0566. The molecule has 0 saturated heterocycles. The van der Waals surface area contributed by atoms with Crippen LogP contribution >= 0.6 is 0 Å². The van der Waals surface area contributed by atoms with Gasteiger partial charge in [0.05, 0.1) is 35.8 Å². The minimum Gasteiger partial charge on any atom is -0.360 e. The molecule has 0 saturated carbocycles. The maximum absolute atomic E-state index is 14.1. The quantitative estimate of drug-likeness (QED) is 0.305. The van der Waals surface area contributed by atoms with E-state index in [0.29, 0.717) is 51.0 Å². The first-order valence-electron chi connectivity index (χ1n) is 11.2. The molecule has 1 aliphatic heterocycles. The van der Waals surface area contributed by atoms with Crippen LogP contribution in [0.25, 0.3) is 33.5 Å². The van der Waals surface area contributed by atoms with E-state index in [1.807, 2.05) is 12.3 Å². The summed E-state index contributed by atoms with van der Waals surface area (Å²) in [5, 5.41) is 10.2. The Balaban J connectivity index is 1.40. The van der Waals surface area contributed by atoms with Crippen LogP contribution in [0.2, 0.25) is 0 Å². The second-order valence-corrected chi connectivity index (χ2v) is 8.28. The van der Waals surface area contributed by atoms with Gasteiger partial charge >= 0.3 is 6.55 Å². The summed E-state index contributed by atoms with van der Waals surface area (Å²) in [4.78, 5) is 16.3. The van der Waals surface area contributed by atoms with Crippen molar-refractivity contribution in [3.63, 3.8) is 0 Å². The zero-order valence-electron chi connectivity index (χ0n) is 18.6. The van der Waals surface area contributed by atoms with Gasteiger partial charge in [-0.15, -0.1) is 0 Å². The van der Waals surface area contributed by atoms with Crippen molar-refractivity contribution in [3.8, 4) is 11.3 Å². The predicted molar refractivity (Wildman–Crippen MR) is 124 cm³/mol. The summed E-state index contributed by atoms with van der Waals surface area (Å²) in [6, 6.07) is 2.46. The van der Waals surface area contributed by atoms with Crippen molar-refractivity contribution in [3.05, 3.63) is 66.1 Å². The fraction of sp³-hybridized carbons (Fsp3) is 0.217. The molecule has 6 rings (SSSR count). The Morgan fingerprint density at radius 3 is 2.78 bits per heavy atom. The minimum atomic E-state index is -2.76. The van der Waals surface area contributed by atoms with E-state index in [1.165, 1.54) is 18.5 Å². The van der Waals surface area contributed by atoms with Crippen molar-refractivity contribution >= 4 is 28.1 Å². The molecule has 0 atom stereocenters. The summed E-state index contributed by atoms with van der Waals surface area (Å²) < 4.78 is 56.2. The molecule has 0 amide bonds. The molecule has 5 heterocycles. The van der Waals surface area contributed by atoms with Crippen LogP contribution in [0.3, 0.4) is 0 Å². The fourth-order valence-electron chi connectivity index (χ4n) is 4.23. The molecule has 0 spiro atoms. The van der Waals surface area contributed by atoms with Crippen LogP contribution < -0.4 is 10.6 Å². The van der Waals surface area contributed by atoms with Crippen LogP contribution in [0.4, 0.5) is 23.4 Å². The maximum Gasteiger partial charge on any atom is 0.333 e. The van der Waals surface area contributed by atoms with E-state index in [-0.39, 0.29) is 12.1 Å². The first-order chi connectivity index (χ1) is 17.5. The average molecular weight is 497 g/mol. The molecule has 184 valence electrons. The van der Waals surface area contributed by atoms with Crippen LogP contribution in [0.5, 0.6) is 0 Å². The van der Waals surface area contributed by atoms with Gasteiger partial charge in [0.25, 0.3) is 0 Å². The number of hydrogen-bond acceptors (Lipinski definition) is 6. The van der Waals surface area contributed by atoms with Gasteiger partial charge in [0, 0.05) is 24.5 Å². The van der Waals surface area contributed by atoms with Gasteiger partial charge in [-0.2, -0.15) is 13.9 Å². The van der Waals surface area contributed by atoms with Crippen LogP contribution in [0.15, 0.2) is 43.0 Å². The monoisotopic (exact) mass is 497 g/mol. The molecule has 0 unspecified atom stereocenters. The Kier molecular flexibility index (Phi) is 5.40. The number of nitrogens with one attached hydrogen (secondary N) is 3. The van der Waals surface area contributed by atoms with E-state index in [2.05, 4.69) is 30.7 Å². The molecule has 4 aromatic heterocycles. The van der Waals surface area contributed by atoms with Gasteiger partial charge in [-0.1, -0.05) is 6.08 Å². The number of fused-ring (bicyclic) bond motifs is 2. The highest BCUT2D eigenvalue weighted by Crippen LogP contribution is 2.28. The molecule has 1 aliphatic rings. The lowest BCUT2D eigenvalue weighted by Gasteiger charge is -2.16. The average Bonchev–Trinajstić information content (AvgIpc) is 3.63. The third-order valence-corrected chi connectivity index (χ3v) is 6.00. The summed E-state index contributed by atoms with van der Waals surface area (Å²) in [5.41, 5.74) is 3.52. The van der Waals surface area contributed by atoms with Gasteiger partial charge in [-0.25, -0.2) is 28.4 Å². The first-order valence-corrected chi connectivity index (χ1v) is 11.2. The standard InChI is InChI=1S/C23H19F4N9/c24-14-1-2-15-20(19(14)25)34-18(32-15)9-29-21-22-30-8-17(13-7-31-36(10-13)23(26)27)35(22)11-16(33-21)12-3-5-28-6-4-12/h1-3,7-8,10-11,23,28H,4-6,9H2,(H,29,33)(H,32,34). The number of alkyl halides is 2. The summed E-state index contributed by atoms with van der Waals surface area (Å²) in [6.45, 7) is -1.12. The number of benzene rings is 1. The summed E-state index contributed by atoms with van der Waals surface area (Å²) in [7, 11) is 0. The van der Waals surface area contributed by atoms with Gasteiger partial charge in [-0.3, -0.25) is 4.40 Å². The molecule has 9 nitrogen and oxygen atoms in total. The summed E-state index contributed by atoms with van der Waals surface area (Å²) in [6.07, 6.45) is 8.80. The Hall–Kier alpha value is -4.26. The highest BCUT2D eigenvalue weighted by molar-refractivity contribution is 5.76. The third-order valence-electron chi connectivity index (χ3n) is 6.00. The number of aromatic nitrogens is 7. The molecular formula is C23H19F4N9. The minimum absolute atomic E-state index is 0.0855. The lowest BCUT2D eigenvalue weighted by Crippen LogP contribution is -2.20. The Morgan fingerprint density at radius 1 is 1.11 bits per heavy atom. The van der Waals surface area contributed by atoms with Crippen molar-refractivity contribution in [2.75, 3.05) is 18.4 Å². The molecule has 3 N–H and O–H groups in total. The topological polar surface area (TPSA) is 101 Å². The number of H-pyrrole nitrogens is 1. The first kappa shape index (κ1) is 22.2. The van der Waals surface area contributed by atoms with Crippen LogP contribution in [0, 0.1) is 11.6 Å². The molecule has 1 aromatic carbocycles. The second kappa shape index (κ2) is 8.75. The van der Waals surface area contributed by atoms with E-state index >= 15 is 0 Å². The summed E-state index contributed by atoms with van der Waals surface area (Å²) >= 11 is 0. The number of halogens is 4. The van der Waals surface area contributed by atoms with Gasteiger partial charge in [0.15, 0.2) is 23.1 Å². The van der Waals surface area contributed by atoms with E-state index in [1.54, 1.807) is 10.6 Å². The lowest BCUT2D eigenvalue weighted by atomic mass is 10.1. The summed E-state index contributed by atoms with van der Waals surface area (Å²) in [5.74, 6) is -1.19. The van der Waals surface area contributed by atoms with Crippen molar-refractivity contribution < 1.29 is 17.6 Å². The number of anilines is 1. The van der Waals surface area contributed by atoms with Crippen LogP contribution in [-0.2, 0) is 6.54 Å². The molecule has 0 aliphatic carbocycles. The SMILES string of the molecule is Fc1ccc2[nH]c(CNc3nc(C4=CCNCC4)cn4c(-c5cnn(C(F)F)c5)cnc34)nc2c1F. The third kappa shape index (κ3) is 3.86. The maximum atomic E-state index is 14.1.